The van der Waals surface area contributed by atoms with E-state index >= 15 is 0 Å². The number of para-hydroxylation sites is 1. The van der Waals surface area contributed by atoms with Crippen LogP contribution in [0.5, 0.6) is 0 Å². The first-order valence-electron chi connectivity index (χ1n) is 8.43. The normalized spacial score (nSPS) is 16.4. The second-order valence-electron chi connectivity index (χ2n) is 6.06. The molecule has 3 nitrogen and oxygen atoms in total. The van der Waals surface area contributed by atoms with Gasteiger partial charge in [0.15, 0.2) is 0 Å². The van der Waals surface area contributed by atoms with Crippen LogP contribution < -0.4 is 4.90 Å². The molecule has 0 N–H and O–H groups in total. The van der Waals surface area contributed by atoms with E-state index in [-0.39, 0.29) is 5.91 Å². The van der Waals surface area contributed by atoms with Crippen LogP contribution in [-0.2, 0) is 4.79 Å². The summed E-state index contributed by atoms with van der Waals surface area (Å²) in [4.78, 5) is 16.8. The van der Waals surface area contributed by atoms with E-state index in [2.05, 4.69) is 11.5 Å². The summed E-state index contributed by atoms with van der Waals surface area (Å²) in [6.07, 6.45) is 5.97. The summed E-state index contributed by atoms with van der Waals surface area (Å²) in [7, 11) is 0. The molecule has 0 atom stereocenters. The molecule has 0 aliphatic carbocycles. The molecule has 1 amide bonds. The highest BCUT2D eigenvalue weighted by molar-refractivity contribution is 5.93. The van der Waals surface area contributed by atoms with Gasteiger partial charge in [0.25, 0.3) is 0 Å². The van der Waals surface area contributed by atoms with Crippen LogP contribution in [0.3, 0.4) is 0 Å². The Morgan fingerprint density at radius 2 is 2.00 bits per heavy atom. The molecule has 120 valence electrons. The number of hydrogen-bond donors (Lipinski definition) is 0. The zero-order valence-electron chi connectivity index (χ0n) is 13.7. The molecule has 0 saturated carbocycles. The van der Waals surface area contributed by atoms with Crippen molar-refractivity contribution in [1.82, 2.24) is 4.90 Å². The first-order chi connectivity index (χ1) is 10.7. The third kappa shape index (κ3) is 4.70. The van der Waals surface area contributed by atoms with Gasteiger partial charge in [-0.2, -0.15) is 0 Å². The summed E-state index contributed by atoms with van der Waals surface area (Å²) >= 11 is 0. The molecule has 1 aromatic rings. The van der Waals surface area contributed by atoms with Gasteiger partial charge in [0.05, 0.1) is 0 Å². The molecule has 0 radical (unpaired) electrons. The zero-order valence-corrected chi connectivity index (χ0v) is 13.7. The van der Waals surface area contributed by atoms with Crippen molar-refractivity contribution in [3.63, 3.8) is 0 Å². The lowest BCUT2D eigenvalue weighted by atomic mass is 9.95. The molecule has 1 saturated heterocycles. The molecule has 1 aromatic carbocycles. The number of amides is 1. The lowest BCUT2D eigenvalue weighted by Crippen LogP contribution is -2.41. The van der Waals surface area contributed by atoms with Gasteiger partial charge in [0, 0.05) is 25.2 Å². The van der Waals surface area contributed by atoms with Crippen molar-refractivity contribution >= 4 is 11.6 Å². The van der Waals surface area contributed by atoms with Crippen molar-refractivity contribution in [2.45, 2.75) is 32.6 Å². The summed E-state index contributed by atoms with van der Waals surface area (Å²) in [5, 5.41) is 0. The van der Waals surface area contributed by atoms with Crippen LogP contribution in [-0.4, -0.2) is 37.0 Å². The fourth-order valence-corrected chi connectivity index (χ4v) is 3.07. The largest absolute Gasteiger partial charge is 0.312 e. The highest BCUT2D eigenvalue weighted by Gasteiger charge is 2.23. The summed E-state index contributed by atoms with van der Waals surface area (Å²) in [6.45, 7) is 9.98. The average molecular weight is 300 g/mol. The minimum absolute atomic E-state index is 0.222. The van der Waals surface area contributed by atoms with E-state index in [1.165, 1.54) is 12.8 Å². The molecule has 3 heteroatoms. The highest BCUT2D eigenvalue weighted by Crippen LogP contribution is 2.23. The van der Waals surface area contributed by atoms with Gasteiger partial charge < -0.3 is 9.80 Å². The van der Waals surface area contributed by atoms with Crippen molar-refractivity contribution in [3.05, 3.63) is 43.0 Å². The Kier molecular flexibility index (Phi) is 6.66. The summed E-state index contributed by atoms with van der Waals surface area (Å²) < 4.78 is 0. The third-order valence-corrected chi connectivity index (χ3v) is 4.47. The van der Waals surface area contributed by atoms with E-state index < -0.39 is 0 Å². The minimum Gasteiger partial charge on any atom is -0.312 e. The van der Waals surface area contributed by atoms with Gasteiger partial charge in [-0.3, -0.25) is 4.79 Å². The lowest BCUT2D eigenvalue weighted by molar-refractivity contribution is -0.118. The zero-order chi connectivity index (χ0) is 15.8. The molecule has 2 rings (SSSR count). The Hall–Kier alpha value is -1.61. The number of carbonyl (C=O) groups is 1. The van der Waals surface area contributed by atoms with E-state index in [0.29, 0.717) is 12.3 Å². The number of benzene rings is 1. The van der Waals surface area contributed by atoms with E-state index in [1.54, 1.807) is 0 Å². The van der Waals surface area contributed by atoms with Gasteiger partial charge in [-0.05, 0) is 50.4 Å². The van der Waals surface area contributed by atoms with Gasteiger partial charge in [-0.15, -0.1) is 6.58 Å². The second kappa shape index (κ2) is 8.74. The molecule has 1 heterocycles. The maximum absolute atomic E-state index is 12.3. The smallest absolute Gasteiger partial charge is 0.226 e. The van der Waals surface area contributed by atoms with Crippen molar-refractivity contribution in [3.8, 4) is 0 Å². The van der Waals surface area contributed by atoms with Crippen molar-refractivity contribution in [2.75, 3.05) is 31.1 Å². The number of rotatable bonds is 7. The van der Waals surface area contributed by atoms with Crippen LogP contribution in [0, 0.1) is 5.92 Å². The van der Waals surface area contributed by atoms with Gasteiger partial charge in [-0.1, -0.05) is 31.2 Å². The van der Waals surface area contributed by atoms with Gasteiger partial charge in [-0.25, -0.2) is 0 Å². The predicted octanol–water partition coefficient (Wildman–Crippen LogP) is 3.72. The standard InChI is InChI=1S/C19H28N2O/c1-3-5-13-20-14-11-17(12-15-20)16-21(19(22)4-2)18-9-7-6-8-10-18/h3,6-10,17H,1,4-5,11-16H2,2H3. The maximum Gasteiger partial charge on any atom is 0.226 e. The van der Waals surface area contributed by atoms with Crippen molar-refractivity contribution in [2.24, 2.45) is 5.92 Å². The lowest BCUT2D eigenvalue weighted by Gasteiger charge is -2.34. The number of hydrogen-bond acceptors (Lipinski definition) is 2. The maximum atomic E-state index is 12.3. The minimum atomic E-state index is 0.222. The molecular weight excluding hydrogens is 272 g/mol. The van der Waals surface area contributed by atoms with Crippen LogP contribution in [0.25, 0.3) is 0 Å². The quantitative estimate of drug-likeness (QED) is 0.717. The van der Waals surface area contributed by atoms with Crippen LogP contribution >= 0.6 is 0 Å². The van der Waals surface area contributed by atoms with E-state index in [0.717, 1.165) is 38.3 Å². The number of nitrogens with zero attached hydrogens (tertiary/aromatic N) is 2. The monoisotopic (exact) mass is 300 g/mol. The van der Waals surface area contributed by atoms with Crippen molar-refractivity contribution < 1.29 is 4.79 Å². The van der Waals surface area contributed by atoms with Gasteiger partial charge >= 0.3 is 0 Å². The highest BCUT2D eigenvalue weighted by atomic mass is 16.2. The predicted molar refractivity (Wildman–Crippen MR) is 93.1 cm³/mol. The summed E-state index contributed by atoms with van der Waals surface area (Å²) in [6, 6.07) is 10.1. The average Bonchev–Trinajstić information content (AvgIpc) is 2.59. The Morgan fingerprint density at radius 1 is 1.32 bits per heavy atom. The van der Waals surface area contributed by atoms with E-state index in [9.17, 15) is 4.79 Å². The van der Waals surface area contributed by atoms with Gasteiger partial charge in [0.1, 0.15) is 0 Å². The molecule has 1 aliphatic heterocycles. The Balaban J connectivity index is 1.92. The third-order valence-electron chi connectivity index (χ3n) is 4.47. The van der Waals surface area contributed by atoms with Crippen LogP contribution in [0.4, 0.5) is 5.69 Å². The molecule has 0 unspecified atom stereocenters. The molecule has 22 heavy (non-hydrogen) atoms. The molecular formula is C19H28N2O. The number of likely N-dealkylation sites (tertiary alicyclic amines) is 1. The SMILES string of the molecule is C=CCCN1CCC(CN(C(=O)CC)c2ccccc2)CC1. The molecule has 1 aliphatic rings. The second-order valence-corrected chi connectivity index (χ2v) is 6.06. The number of piperidine rings is 1. The summed E-state index contributed by atoms with van der Waals surface area (Å²) in [5.41, 5.74) is 1.03. The first-order valence-corrected chi connectivity index (χ1v) is 8.43. The summed E-state index contributed by atoms with van der Waals surface area (Å²) in [5.74, 6) is 0.830. The van der Waals surface area contributed by atoms with Gasteiger partial charge in [0.2, 0.25) is 5.91 Å². The first kappa shape index (κ1) is 16.8. The number of anilines is 1. The Morgan fingerprint density at radius 3 is 2.59 bits per heavy atom. The van der Waals surface area contributed by atoms with Crippen LogP contribution in [0.1, 0.15) is 32.6 Å². The fraction of sp³-hybridized carbons (Fsp3) is 0.526. The Labute approximate surface area is 134 Å². The van der Waals surface area contributed by atoms with E-state index in [4.69, 9.17) is 0 Å². The molecule has 0 aromatic heterocycles. The van der Waals surface area contributed by atoms with E-state index in [1.807, 2.05) is 48.2 Å². The molecule has 1 fully saturated rings. The van der Waals surface area contributed by atoms with Crippen LogP contribution in [0.2, 0.25) is 0 Å². The number of carbonyl (C=O) groups excluding carboxylic acids is 1. The molecule has 0 bridgehead atoms. The van der Waals surface area contributed by atoms with Crippen molar-refractivity contribution in [1.29, 1.82) is 0 Å². The molecule has 0 spiro atoms. The fourth-order valence-electron chi connectivity index (χ4n) is 3.07. The Bertz CT molecular complexity index is 464. The topological polar surface area (TPSA) is 23.6 Å². The van der Waals surface area contributed by atoms with Crippen LogP contribution in [0.15, 0.2) is 43.0 Å².